The lowest BCUT2D eigenvalue weighted by Crippen LogP contribution is -2.47. The normalized spacial score (nSPS) is 20.1. The molecule has 8 rings (SSSR count). The first-order valence-electron chi connectivity index (χ1n) is 19.0. The molecule has 2 unspecified atom stereocenters. The average Bonchev–Trinajstić information content (AvgIpc) is 3.62. The Balaban J connectivity index is 1.28. The fourth-order valence-electron chi connectivity index (χ4n) is 8.85. The van der Waals surface area contributed by atoms with Crippen molar-refractivity contribution < 1.29 is 18.5 Å². The lowest BCUT2D eigenvalue weighted by atomic mass is 9.81. The number of likely N-dealkylation sites (N-methyl/N-ethyl adjacent to an activating group) is 1. The van der Waals surface area contributed by atoms with E-state index in [4.69, 9.17) is 4.74 Å². The maximum atomic E-state index is 14.4. The maximum Gasteiger partial charge on any atom is 0.263 e. The summed E-state index contributed by atoms with van der Waals surface area (Å²) in [7, 11) is 6.37. The van der Waals surface area contributed by atoms with E-state index >= 15 is 0 Å². The molecular weight excluding hydrogens is 673 g/mol. The second-order valence-corrected chi connectivity index (χ2v) is 16.8. The molecule has 0 radical (unpaired) electrons. The molecule has 11 heteroatoms. The summed E-state index contributed by atoms with van der Waals surface area (Å²) in [5, 5.41) is 5.85. The van der Waals surface area contributed by atoms with Crippen molar-refractivity contribution in [1.82, 2.24) is 28.9 Å². The molecule has 2 amide bonds. The molecule has 4 heterocycles. The predicted molar refractivity (Wildman–Crippen MR) is 207 cm³/mol. The summed E-state index contributed by atoms with van der Waals surface area (Å²) in [6.07, 6.45) is 14.6. The number of aryl methyl sites for hydroxylation is 1. The Morgan fingerprint density at radius 3 is 2.50 bits per heavy atom. The van der Waals surface area contributed by atoms with Crippen LogP contribution < -0.4 is 9.46 Å². The van der Waals surface area contributed by atoms with Crippen molar-refractivity contribution in [3.8, 4) is 17.0 Å². The van der Waals surface area contributed by atoms with E-state index in [-0.39, 0.29) is 17.1 Å². The Hall–Kier alpha value is -4.22. The van der Waals surface area contributed by atoms with Crippen LogP contribution in [-0.2, 0) is 24.6 Å². The van der Waals surface area contributed by atoms with Gasteiger partial charge in [-0.25, -0.2) is 4.21 Å². The number of ether oxygens (including phenoxy) is 1. The summed E-state index contributed by atoms with van der Waals surface area (Å²) in [5.41, 5.74) is 8.42. The summed E-state index contributed by atoms with van der Waals surface area (Å²) >= 11 is 0. The van der Waals surface area contributed by atoms with E-state index in [2.05, 4.69) is 57.7 Å². The van der Waals surface area contributed by atoms with Gasteiger partial charge in [0.1, 0.15) is 16.7 Å². The zero-order valence-electron chi connectivity index (χ0n) is 30.8. The van der Waals surface area contributed by atoms with E-state index in [1.807, 2.05) is 34.8 Å². The van der Waals surface area contributed by atoms with Crippen molar-refractivity contribution >= 4 is 45.4 Å². The standard InChI is InChI=1S/C41H50N6O4S/c1-44(2)30-12-9-19-46(25-30)41(49)35-23-42-45(3)38(35)29-20-28-21-31(51-4)16-18-33(28)39-37(26-10-6-5-7-11-26)34-17-15-27(22-36(34)47(39)24-29)40(48)43-52(50)32-13-8-14-32/h15-18,20-23,26,30,32H,5-14,19,24-25H2,1-4H3,(H,43,48). The number of aromatic nitrogens is 3. The molecule has 3 fully saturated rings. The molecule has 1 N–H and O–H groups in total. The minimum Gasteiger partial charge on any atom is -0.497 e. The van der Waals surface area contributed by atoms with Gasteiger partial charge in [-0.05, 0) is 112 Å². The highest BCUT2D eigenvalue weighted by molar-refractivity contribution is 7.84. The lowest BCUT2D eigenvalue weighted by molar-refractivity contribution is 0.0634. The first kappa shape index (κ1) is 34.8. The third-order valence-corrected chi connectivity index (χ3v) is 13.5. The minimum absolute atomic E-state index is 0.00423. The fourth-order valence-corrected chi connectivity index (χ4v) is 10.1. The van der Waals surface area contributed by atoms with Gasteiger partial charge in [0.05, 0.1) is 42.1 Å². The van der Waals surface area contributed by atoms with E-state index < -0.39 is 11.0 Å². The molecule has 2 aliphatic heterocycles. The molecule has 0 bridgehead atoms. The molecule has 2 aromatic carbocycles. The number of amides is 2. The van der Waals surface area contributed by atoms with Gasteiger partial charge < -0.3 is 19.1 Å². The molecule has 2 aromatic heterocycles. The number of likely N-dealkylation sites (tertiary alicyclic amines) is 1. The number of allylic oxidation sites excluding steroid dienone is 1. The summed E-state index contributed by atoms with van der Waals surface area (Å²) < 4.78 is 25.7. The van der Waals surface area contributed by atoms with Crippen LogP contribution in [0.15, 0.2) is 42.6 Å². The monoisotopic (exact) mass is 722 g/mol. The van der Waals surface area contributed by atoms with Crippen LogP contribution in [0.5, 0.6) is 5.75 Å². The van der Waals surface area contributed by atoms with Gasteiger partial charge in [-0.1, -0.05) is 31.7 Å². The largest absolute Gasteiger partial charge is 0.497 e. The highest BCUT2D eigenvalue weighted by atomic mass is 32.2. The number of rotatable bonds is 8. The molecule has 4 aromatic rings. The van der Waals surface area contributed by atoms with Crippen LogP contribution in [0.2, 0.25) is 0 Å². The number of nitrogens with zero attached hydrogens (tertiary/aromatic N) is 5. The summed E-state index contributed by atoms with van der Waals surface area (Å²) in [4.78, 5) is 32.1. The number of carbonyl (C=O) groups is 2. The number of carbonyl (C=O) groups excluding carboxylic acids is 2. The second-order valence-electron chi connectivity index (χ2n) is 15.4. The Labute approximate surface area is 308 Å². The van der Waals surface area contributed by atoms with Crippen LogP contribution in [-0.4, -0.2) is 85.8 Å². The van der Waals surface area contributed by atoms with Gasteiger partial charge in [0.2, 0.25) is 0 Å². The van der Waals surface area contributed by atoms with Crippen LogP contribution in [0.3, 0.4) is 0 Å². The Kier molecular flexibility index (Phi) is 9.59. The second kappa shape index (κ2) is 14.3. The van der Waals surface area contributed by atoms with Crippen LogP contribution in [0.25, 0.3) is 33.8 Å². The third-order valence-electron chi connectivity index (χ3n) is 12.0. The molecule has 0 spiro atoms. The SMILES string of the molecule is COc1ccc2c(c1)C=C(c1c(C(=O)N3CCCC(N(C)C)C3)cnn1C)Cn1c-2c(C2CCCCC2)c2ccc(C(=O)NS(=O)C3CCC3)cc21. The zero-order chi connectivity index (χ0) is 36.1. The van der Waals surface area contributed by atoms with Crippen LogP contribution in [0.4, 0.5) is 0 Å². The molecule has 2 atom stereocenters. The third kappa shape index (κ3) is 6.29. The quantitative estimate of drug-likeness (QED) is 0.216. The molecule has 10 nitrogen and oxygen atoms in total. The van der Waals surface area contributed by atoms with Gasteiger partial charge in [-0.15, -0.1) is 0 Å². The molecule has 52 heavy (non-hydrogen) atoms. The number of piperidine rings is 1. The van der Waals surface area contributed by atoms with E-state index in [1.165, 1.54) is 24.8 Å². The molecule has 1 saturated heterocycles. The van der Waals surface area contributed by atoms with Gasteiger partial charge in [0.25, 0.3) is 11.8 Å². The van der Waals surface area contributed by atoms with Crippen LogP contribution >= 0.6 is 0 Å². The van der Waals surface area contributed by atoms with Crippen molar-refractivity contribution in [2.75, 3.05) is 34.3 Å². The molecular formula is C41H50N6O4S. The summed E-state index contributed by atoms with van der Waals surface area (Å²) in [6, 6.07) is 12.6. The Morgan fingerprint density at radius 2 is 1.77 bits per heavy atom. The number of fused-ring (bicyclic) bond motifs is 5. The van der Waals surface area contributed by atoms with E-state index in [9.17, 15) is 13.8 Å². The zero-order valence-corrected chi connectivity index (χ0v) is 31.6. The molecule has 274 valence electrons. The van der Waals surface area contributed by atoms with Gasteiger partial charge in [-0.2, -0.15) is 5.10 Å². The number of hydrogen-bond acceptors (Lipinski definition) is 6. The fraction of sp³-hybridized carbons (Fsp3) is 0.488. The van der Waals surface area contributed by atoms with E-state index in [0.29, 0.717) is 36.2 Å². The van der Waals surface area contributed by atoms with Crippen molar-refractivity contribution in [1.29, 1.82) is 0 Å². The molecule has 2 aliphatic carbocycles. The van der Waals surface area contributed by atoms with Crippen LogP contribution in [0.1, 0.15) is 108 Å². The summed E-state index contributed by atoms with van der Waals surface area (Å²) in [5.74, 6) is 0.839. The number of hydrogen-bond donors (Lipinski definition) is 1. The van der Waals surface area contributed by atoms with Crippen molar-refractivity contribution in [2.45, 2.75) is 88.0 Å². The molecule has 4 aliphatic rings. The highest BCUT2D eigenvalue weighted by Crippen LogP contribution is 2.48. The first-order chi connectivity index (χ1) is 25.2. The number of benzene rings is 2. The lowest BCUT2D eigenvalue weighted by Gasteiger charge is -2.36. The maximum absolute atomic E-state index is 14.4. The smallest absolute Gasteiger partial charge is 0.263 e. The van der Waals surface area contributed by atoms with E-state index in [1.54, 1.807) is 13.3 Å². The Bertz CT molecular complexity index is 2090. The van der Waals surface area contributed by atoms with Gasteiger partial charge in [0, 0.05) is 48.2 Å². The average molecular weight is 723 g/mol. The minimum atomic E-state index is -1.40. The van der Waals surface area contributed by atoms with Crippen molar-refractivity contribution in [3.05, 3.63) is 70.5 Å². The van der Waals surface area contributed by atoms with Gasteiger partial charge in [-0.3, -0.25) is 19.0 Å². The van der Waals surface area contributed by atoms with Crippen molar-refractivity contribution in [3.63, 3.8) is 0 Å². The Morgan fingerprint density at radius 1 is 0.962 bits per heavy atom. The predicted octanol–water partition coefficient (Wildman–Crippen LogP) is 6.76. The highest BCUT2D eigenvalue weighted by Gasteiger charge is 2.34. The first-order valence-corrected chi connectivity index (χ1v) is 20.2. The number of nitrogens with one attached hydrogen (secondary N) is 1. The summed E-state index contributed by atoms with van der Waals surface area (Å²) in [6.45, 7) is 1.89. The van der Waals surface area contributed by atoms with Crippen LogP contribution in [0, 0.1) is 0 Å². The number of methoxy groups -OCH3 is 1. The topological polar surface area (TPSA) is 102 Å². The van der Waals surface area contributed by atoms with Gasteiger partial charge in [0.15, 0.2) is 0 Å². The van der Waals surface area contributed by atoms with E-state index in [0.717, 1.165) is 96.2 Å². The van der Waals surface area contributed by atoms with Crippen molar-refractivity contribution in [2.24, 2.45) is 7.05 Å². The molecule has 2 saturated carbocycles. The van der Waals surface area contributed by atoms with Gasteiger partial charge >= 0.3 is 0 Å².